The largest absolute Gasteiger partial charge is 0.417 e. The van der Waals surface area contributed by atoms with Crippen molar-refractivity contribution in [3.63, 3.8) is 0 Å². The summed E-state index contributed by atoms with van der Waals surface area (Å²) in [7, 11) is 2.92. The third kappa shape index (κ3) is 4.87. The summed E-state index contributed by atoms with van der Waals surface area (Å²) in [5.41, 5.74) is -0.718. The quantitative estimate of drug-likeness (QED) is 0.586. The summed E-state index contributed by atoms with van der Waals surface area (Å²) in [5.74, 6) is -1.66. The number of pyridine rings is 1. The fourth-order valence-electron chi connectivity index (χ4n) is 2.98. The van der Waals surface area contributed by atoms with E-state index in [9.17, 15) is 22.8 Å². The smallest absolute Gasteiger partial charge is 0.383 e. The number of benzene rings is 1. The van der Waals surface area contributed by atoms with Crippen molar-refractivity contribution < 1.29 is 27.5 Å². The summed E-state index contributed by atoms with van der Waals surface area (Å²) >= 11 is 0. The number of nitrogens with zero attached hydrogens (tertiary/aromatic N) is 3. The Morgan fingerprint density at radius 2 is 2.00 bits per heavy atom. The summed E-state index contributed by atoms with van der Waals surface area (Å²) < 4.78 is 45.2. The average Bonchev–Trinajstić information content (AvgIpc) is 3.19. The molecule has 3 aromatic rings. The van der Waals surface area contributed by atoms with Crippen molar-refractivity contribution >= 4 is 28.7 Å². The number of nitriles is 1. The number of aromatic nitrogens is 2. The topological polar surface area (TPSA) is 111 Å². The van der Waals surface area contributed by atoms with E-state index in [1.807, 2.05) is 6.07 Å². The van der Waals surface area contributed by atoms with Gasteiger partial charge in [0.25, 0.3) is 0 Å². The summed E-state index contributed by atoms with van der Waals surface area (Å²) in [6, 6.07) is 9.35. The van der Waals surface area contributed by atoms with Crippen molar-refractivity contribution in [2.75, 3.05) is 32.6 Å². The number of anilines is 1. The minimum Gasteiger partial charge on any atom is -0.383 e. The van der Waals surface area contributed by atoms with Gasteiger partial charge in [0.05, 0.1) is 23.8 Å². The first-order valence-electron chi connectivity index (χ1n) is 9.31. The van der Waals surface area contributed by atoms with Gasteiger partial charge in [-0.2, -0.15) is 18.4 Å². The number of halogens is 3. The molecular formula is C21H18F3N5O3. The first-order chi connectivity index (χ1) is 15.1. The lowest BCUT2D eigenvalue weighted by Gasteiger charge is -2.15. The predicted molar refractivity (Wildman–Crippen MR) is 109 cm³/mol. The molecule has 2 heterocycles. The number of likely N-dealkylation sites (N-methyl/N-ethyl adjacent to an activating group) is 1. The highest BCUT2D eigenvalue weighted by atomic mass is 19.4. The fourth-order valence-corrected chi connectivity index (χ4v) is 2.98. The van der Waals surface area contributed by atoms with E-state index in [0.29, 0.717) is 5.39 Å². The molecule has 2 N–H and O–H groups in total. The molecule has 0 fully saturated rings. The number of nitrogens with one attached hydrogen (secondary N) is 2. The van der Waals surface area contributed by atoms with Crippen LogP contribution in [0.2, 0.25) is 0 Å². The molecular weight excluding hydrogens is 427 g/mol. The first-order valence-corrected chi connectivity index (χ1v) is 9.31. The molecule has 166 valence electrons. The van der Waals surface area contributed by atoms with Crippen LogP contribution in [0.5, 0.6) is 0 Å². The zero-order chi connectivity index (χ0) is 23.5. The number of aromatic amines is 1. The van der Waals surface area contributed by atoms with E-state index in [4.69, 9.17) is 10.00 Å². The van der Waals surface area contributed by atoms with Crippen molar-refractivity contribution in [1.29, 1.82) is 5.26 Å². The second-order valence-corrected chi connectivity index (χ2v) is 6.86. The number of carbonyl (C=O) groups is 2. The van der Waals surface area contributed by atoms with Crippen molar-refractivity contribution in [2.24, 2.45) is 0 Å². The molecule has 0 aliphatic heterocycles. The van der Waals surface area contributed by atoms with E-state index < -0.39 is 23.6 Å². The SMILES string of the molecule is COCCN(C)C(=O)C(=O)Nc1ccc2cc(-c3cc(C#N)ccc3C(F)(F)F)[nH]c2n1. The predicted octanol–water partition coefficient (Wildman–Crippen LogP) is 3.16. The molecule has 2 amide bonds. The van der Waals surface area contributed by atoms with Crippen LogP contribution in [-0.2, 0) is 20.5 Å². The maximum atomic E-state index is 13.4. The molecule has 32 heavy (non-hydrogen) atoms. The van der Waals surface area contributed by atoms with Gasteiger partial charge in [-0.15, -0.1) is 0 Å². The van der Waals surface area contributed by atoms with Gasteiger partial charge in [-0.25, -0.2) is 4.98 Å². The molecule has 0 unspecified atom stereocenters. The summed E-state index contributed by atoms with van der Waals surface area (Å²) in [6.45, 7) is 0.483. The standard InChI is InChI=1S/C21H18F3N5O3/c1-29(7-8-32-2)20(31)19(30)28-17-6-4-13-10-16(26-18(13)27-17)14-9-12(11-25)3-5-15(14)21(22,23)24/h3-6,9-10H,7-8H2,1-2H3,(H2,26,27,28,30). The Balaban J connectivity index is 1.90. The molecule has 1 aromatic carbocycles. The van der Waals surface area contributed by atoms with Crippen molar-refractivity contribution in [3.8, 4) is 17.3 Å². The van der Waals surface area contributed by atoms with E-state index in [0.717, 1.165) is 18.2 Å². The van der Waals surface area contributed by atoms with Gasteiger partial charge in [-0.3, -0.25) is 9.59 Å². The molecule has 0 aliphatic carbocycles. The molecule has 2 aromatic heterocycles. The van der Waals surface area contributed by atoms with Crippen LogP contribution in [0, 0.1) is 11.3 Å². The Hall–Kier alpha value is -3.91. The van der Waals surface area contributed by atoms with Gasteiger partial charge < -0.3 is 19.9 Å². The van der Waals surface area contributed by atoms with Gasteiger partial charge in [-0.1, -0.05) is 0 Å². The van der Waals surface area contributed by atoms with Gasteiger partial charge in [0.2, 0.25) is 0 Å². The fraction of sp³-hybridized carbons (Fsp3) is 0.238. The highest BCUT2D eigenvalue weighted by Crippen LogP contribution is 2.38. The van der Waals surface area contributed by atoms with Crippen LogP contribution in [0.4, 0.5) is 19.0 Å². The number of hydrogen-bond acceptors (Lipinski definition) is 5. The molecule has 0 aliphatic rings. The first kappa shape index (κ1) is 22.8. The number of amides is 2. The van der Waals surface area contributed by atoms with E-state index in [1.54, 1.807) is 6.07 Å². The Morgan fingerprint density at radius 3 is 2.66 bits per heavy atom. The second kappa shape index (κ2) is 9.07. The minimum atomic E-state index is -4.62. The lowest BCUT2D eigenvalue weighted by molar-refractivity contribution is -0.142. The maximum Gasteiger partial charge on any atom is 0.417 e. The molecule has 0 bridgehead atoms. The van der Waals surface area contributed by atoms with Crippen LogP contribution in [0.15, 0.2) is 36.4 Å². The highest BCUT2D eigenvalue weighted by molar-refractivity contribution is 6.39. The summed E-state index contributed by atoms with van der Waals surface area (Å²) in [6.07, 6.45) is -4.62. The molecule has 11 heteroatoms. The molecule has 0 saturated heterocycles. The lowest BCUT2D eigenvalue weighted by atomic mass is 10.0. The zero-order valence-electron chi connectivity index (χ0n) is 17.1. The second-order valence-electron chi connectivity index (χ2n) is 6.86. The maximum absolute atomic E-state index is 13.4. The summed E-state index contributed by atoms with van der Waals surface area (Å²) in [5, 5.41) is 11.9. The Bertz CT molecular complexity index is 1210. The Labute approximate surface area is 180 Å². The Morgan fingerprint density at radius 1 is 1.25 bits per heavy atom. The number of ether oxygens (including phenoxy) is 1. The van der Waals surface area contributed by atoms with Crippen molar-refractivity contribution in [1.82, 2.24) is 14.9 Å². The zero-order valence-corrected chi connectivity index (χ0v) is 17.1. The normalized spacial score (nSPS) is 11.2. The molecule has 0 spiro atoms. The number of carbonyl (C=O) groups excluding carboxylic acids is 2. The van der Waals surface area contributed by atoms with Gasteiger partial charge in [0.15, 0.2) is 0 Å². The highest BCUT2D eigenvalue weighted by Gasteiger charge is 2.34. The van der Waals surface area contributed by atoms with E-state index in [1.165, 1.54) is 31.2 Å². The van der Waals surface area contributed by atoms with Crippen molar-refractivity contribution in [3.05, 3.63) is 47.5 Å². The van der Waals surface area contributed by atoms with Crippen molar-refractivity contribution in [2.45, 2.75) is 6.18 Å². The number of alkyl halides is 3. The third-order valence-electron chi connectivity index (χ3n) is 4.64. The summed E-state index contributed by atoms with van der Waals surface area (Å²) in [4.78, 5) is 32.4. The number of hydrogen-bond donors (Lipinski definition) is 2. The lowest BCUT2D eigenvalue weighted by Crippen LogP contribution is -2.38. The molecule has 0 radical (unpaired) electrons. The van der Waals surface area contributed by atoms with Crippen LogP contribution < -0.4 is 5.32 Å². The van der Waals surface area contributed by atoms with Crippen LogP contribution in [0.3, 0.4) is 0 Å². The Kier molecular flexibility index (Phi) is 6.45. The van der Waals surface area contributed by atoms with Crippen LogP contribution in [0.1, 0.15) is 11.1 Å². The number of rotatable bonds is 5. The molecule has 3 rings (SSSR count). The monoisotopic (exact) mass is 445 g/mol. The number of fused-ring (bicyclic) bond motifs is 1. The molecule has 0 saturated carbocycles. The average molecular weight is 445 g/mol. The van der Waals surface area contributed by atoms with Crippen LogP contribution >= 0.6 is 0 Å². The van der Waals surface area contributed by atoms with Gasteiger partial charge >= 0.3 is 18.0 Å². The van der Waals surface area contributed by atoms with Gasteiger partial charge in [-0.05, 0) is 36.4 Å². The molecule has 8 nitrogen and oxygen atoms in total. The van der Waals surface area contributed by atoms with E-state index in [-0.39, 0.29) is 41.4 Å². The van der Waals surface area contributed by atoms with E-state index >= 15 is 0 Å². The van der Waals surface area contributed by atoms with Gasteiger partial charge in [0, 0.05) is 37.3 Å². The van der Waals surface area contributed by atoms with Crippen LogP contribution in [-0.4, -0.2) is 54.0 Å². The van der Waals surface area contributed by atoms with Gasteiger partial charge in [0.1, 0.15) is 11.5 Å². The minimum absolute atomic E-state index is 0.0474. The number of H-pyrrole nitrogens is 1. The third-order valence-corrected chi connectivity index (χ3v) is 4.64. The number of methoxy groups -OCH3 is 1. The molecule has 0 atom stereocenters. The van der Waals surface area contributed by atoms with E-state index in [2.05, 4.69) is 15.3 Å². The van der Waals surface area contributed by atoms with Crippen LogP contribution in [0.25, 0.3) is 22.3 Å².